The van der Waals surface area contributed by atoms with Gasteiger partial charge in [-0.25, -0.2) is 0 Å². The van der Waals surface area contributed by atoms with Crippen molar-refractivity contribution < 1.29 is 0 Å². The molecule has 0 aliphatic carbocycles. The highest BCUT2D eigenvalue weighted by Gasteiger charge is 2.38. The zero-order chi connectivity index (χ0) is 15.4. The smallest absolute Gasteiger partial charge is 0.134 e. The molecule has 23 heavy (non-hydrogen) atoms. The molecule has 114 valence electrons. The summed E-state index contributed by atoms with van der Waals surface area (Å²) >= 11 is 6.44. The molecule has 3 rings (SSSR count). The first-order chi connectivity index (χ1) is 10.8. The fraction of sp³-hybridized carbons (Fsp3) is 0.0952. The van der Waals surface area contributed by atoms with Crippen LogP contribution in [0.4, 0.5) is 0 Å². The quantitative estimate of drug-likeness (QED) is 0.557. The topological polar surface area (TPSA) is 23.8 Å². The standard InChI is InChI=1S/C20H14ClN.CH4/c21-19-14-8-7-13-18(19)20(15-22,16-9-3-1-4-10-16)17-11-5-2-6-12-17;/h1-14H;1H4. The number of benzene rings is 3. The maximum Gasteiger partial charge on any atom is 0.134 e. The van der Waals surface area contributed by atoms with Gasteiger partial charge in [-0.1, -0.05) is 97.9 Å². The van der Waals surface area contributed by atoms with E-state index in [1.165, 1.54) is 0 Å². The lowest BCUT2D eigenvalue weighted by Crippen LogP contribution is -2.27. The zero-order valence-corrected chi connectivity index (χ0v) is 12.7. The summed E-state index contributed by atoms with van der Waals surface area (Å²) in [6.07, 6.45) is 0. The molecular weight excluding hydrogens is 302 g/mol. The fourth-order valence-corrected chi connectivity index (χ4v) is 3.09. The van der Waals surface area contributed by atoms with Gasteiger partial charge in [-0.15, -0.1) is 0 Å². The van der Waals surface area contributed by atoms with Crippen molar-refractivity contribution in [1.82, 2.24) is 0 Å². The van der Waals surface area contributed by atoms with Gasteiger partial charge in [0.15, 0.2) is 0 Å². The first-order valence-corrected chi connectivity index (χ1v) is 7.44. The van der Waals surface area contributed by atoms with E-state index in [4.69, 9.17) is 11.6 Å². The van der Waals surface area contributed by atoms with Gasteiger partial charge in [0.05, 0.1) is 6.07 Å². The zero-order valence-electron chi connectivity index (χ0n) is 11.9. The van der Waals surface area contributed by atoms with Crippen molar-refractivity contribution in [2.45, 2.75) is 12.8 Å². The third-order valence-corrected chi connectivity index (χ3v) is 4.19. The number of nitriles is 1. The molecule has 0 unspecified atom stereocenters. The molecule has 0 aliphatic rings. The van der Waals surface area contributed by atoms with Crippen LogP contribution in [0.2, 0.25) is 5.02 Å². The maximum atomic E-state index is 10.2. The van der Waals surface area contributed by atoms with E-state index in [-0.39, 0.29) is 7.43 Å². The summed E-state index contributed by atoms with van der Waals surface area (Å²) in [5, 5.41) is 10.7. The van der Waals surface area contributed by atoms with Crippen LogP contribution < -0.4 is 0 Å². The van der Waals surface area contributed by atoms with Gasteiger partial charge in [0.25, 0.3) is 0 Å². The van der Waals surface area contributed by atoms with E-state index in [0.29, 0.717) is 5.02 Å². The summed E-state index contributed by atoms with van der Waals surface area (Å²) in [5.41, 5.74) is 1.71. The summed E-state index contributed by atoms with van der Waals surface area (Å²) in [6.45, 7) is 0. The van der Waals surface area contributed by atoms with Crippen LogP contribution in [0.1, 0.15) is 24.1 Å². The minimum atomic E-state index is -0.916. The highest BCUT2D eigenvalue weighted by Crippen LogP contribution is 2.41. The van der Waals surface area contributed by atoms with E-state index in [1.54, 1.807) is 0 Å². The maximum absolute atomic E-state index is 10.2. The van der Waals surface area contributed by atoms with Gasteiger partial charge < -0.3 is 0 Å². The summed E-state index contributed by atoms with van der Waals surface area (Å²) in [4.78, 5) is 0. The van der Waals surface area contributed by atoms with Crippen LogP contribution >= 0.6 is 11.6 Å². The Bertz CT molecular complexity index is 765. The summed E-state index contributed by atoms with van der Waals surface area (Å²) in [7, 11) is 0. The Morgan fingerprint density at radius 2 is 1.13 bits per heavy atom. The number of halogens is 1. The number of hydrogen-bond acceptors (Lipinski definition) is 1. The average Bonchev–Trinajstić information content (AvgIpc) is 2.59. The summed E-state index contributed by atoms with van der Waals surface area (Å²) < 4.78 is 0. The molecule has 0 bridgehead atoms. The summed E-state index contributed by atoms with van der Waals surface area (Å²) in [5.74, 6) is 0. The Hall–Kier alpha value is -2.56. The van der Waals surface area contributed by atoms with Crippen molar-refractivity contribution >= 4 is 11.6 Å². The second-order valence-electron chi connectivity index (χ2n) is 5.07. The molecule has 1 nitrogen and oxygen atoms in total. The molecule has 0 saturated carbocycles. The lowest BCUT2D eigenvalue weighted by atomic mass is 9.70. The van der Waals surface area contributed by atoms with Crippen LogP contribution in [-0.4, -0.2) is 0 Å². The first-order valence-electron chi connectivity index (χ1n) is 7.06. The van der Waals surface area contributed by atoms with Crippen molar-refractivity contribution in [2.75, 3.05) is 0 Å². The van der Waals surface area contributed by atoms with Gasteiger partial charge in [-0.3, -0.25) is 0 Å². The van der Waals surface area contributed by atoms with Crippen molar-refractivity contribution in [3.05, 3.63) is 107 Å². The molecule has 0 atom stereocenters. The molecule has 0 aliphatic heterocycles. The van der Waals surface area contributed by atoms with Crippen LogP contribution in [0.3, 0.4) is 0 Å². The number of hydrogen-bond donors (Lipinski definition) is 0. The molecule has 2 heteroatoms. The van der Waals surface area contributed by atoms with Crippen LogP contribution in [0.15, 0.2) is 84.9 Å². The lowest BCUT2D eigenvalue weighted by molar-refractivity contribution is 0.795. The molecule has 3 aromatic carbocycles. The Kier molecular flexibility index (Phi) is 5.21. The predicted octanol–water partition coefficient (Wildman–Crippen LogP) is 5.83. The van der Waals surface area contributed by atoms with E-state index >= 15 is 0 Å². The molecule has 0 spiro atoms. The van der Waals surface area contributed by atoms with Crippen LogP contribution in [0, 0.1) is 11.3 Å². The normalized spacial score (nSPS) is 10.4. The molecule has 0 fully saturated rings. The van der Waals surface area contributed by atoms with Gasteiger partial charge in [0.1, 0.15) is 5.41 Å². The van der Waals surface area contributed by atoms with Crippen molar-refractivity contribution in [2.24, 2.45) is 0 Å². The third-order valence-electron chi connectivity index (χ3n) is 3.86. The third kappa shape index (κ3) is 2.86. The van der Waals surface area contributed by atoms with E-state index in [0.717, 1.165) is 16.7 Å². The van der Waals surface area contributed by atoms with Gasteiger partial charge in [0, 0.05) is 5.02 Å². The minimum absolute atomic E-state index is 0. The molecule has 0 heterocycles. The molecule has 0 saturated heterocycles. The minimum Gasteiger partial charge on any atom is -0.197 e. The van der Waals surface area contributed by atoms with Crippen LogP contribution in [0.5, 0.6) is 0 Å². The van der Waals surface area contributed by atoms with Gasteiger partial charge >= 0.3 is 0 Å². The van der Waals surface area contributed by atoms with E-state index in [1.807, 2.05) is 84.9 Å². The number of rotatable bonds is 3. The van der Waals surface area contributed by atoms with Crippen molar-refractivity contribution in [1.29, 1.82) is 5.26 Å². The SMILES string of the molecule is C.N#CC(c1ccccc1)(c1ccccc1)c1ccccc1Cl. The average molecular weight is 320 g/mol. The lowest BCUT2D eigenvalue weighted by Gasteiger charge is -2.29. The second-order valence-corrected chi connectivity index (χ2v) is 5.48. The Balaban J connectivity index is 0.00000192. The van der Waals surface area contributed by atoms with Crippen molar-refractivity contribution in [3.63, 3.8) is 0 Å². The van der Waals surface area contributed by atoms with Crippen molar-refractivity contribution in [3.8, 4) is 6.07 Å². The van der Waals surface area contributed by atoms with E-state index in [9.17, 15) is 5.26 Å². The summed E-state index contributed by atoms with van der Waals surface area (Å²) in [6, 6.07) is 29.6. The van der Waals surface area contributed by atoms with Crippen LogP contribution in [0.25, 0.3) is 0 Å². The van der Waals surface area contributed by atoms with Gasteiger partial charge in [0.2, 0.25) is 0 Å². The fourth-order valence-electron chi connectivity index (χ4n) is 2.81. The highest BCUT2D eigenvalue weighted by molar-refractivity contribution is 6.31. The second kappa shape index (κ2) is 7.13. The van der Waals surface area contributed by atoms with E-state index in [2.05, 4.69) is 6.07 Å². The predicted molar refractivity (Wildman–Crippen MR) is 96.6 cm³/mol. The van der Waals surface area contributed by atoms with Crippen LogP contribution in [-0.2, 0) is 5.41 Å². The molecule has 0 radical (unpaired) electrons. The molecule has 0 N–H and O–H groups in total. The molecule has 0 amide bonds. The Labute approximate surface area is 142 Å². The monoisotopic (exact) mass is 319 g/mol. The largest absolute Gasteiger partial charge is 0.197 e. The number of nitrogens with zero attached hydrogens (tertiary/aromatic N) is 1. The molecule has 0 aromatic heterocycles. The molecular formula is C21H18ClN. The Morgan fingerprint density at radius 3 is 1.57 bits per heavy atom. The Morgan fingerprint density at radius 1 is 0.696 bits per heavy atom. The van der Waals surface area contributed by atoms with Gasteiger partial charge in [-0.05, 0) is 22.8 Å². The first kappa shape index (κ1) is 16.8. The van der Waals surface area contributed by atoms with Gasteiger partial charge in [-0.2, -0.15) is 5.26 Å². The van der Waals surface area contributed by atoms with E-state index < -0.39 is 5.41 Å². The molecule has 3 aromatic rings. The highest BCUT2D eigenvalue weighted by atomic mass is 35.5.